The zero-order chi connectivity index (χ0) is 11.2. The summed E-state index contributed by atoms with van der Waals surface area (Å²) in [7, 11) is 0. The highest BCUT2D eigenvalue weighted by molar-refractivity contribution is 5.16. The van der Waals surface area contributed by atoms with E-state index in [-0.39, 0.29) is 5.41 Å². The highest BCUT2D eigenvalue weighted by Gasteiger charge is 2.34. The van der Waals surface area contributed by atoms with Gasteiger partial charge in [0.05, 0.1) is 11.7 Å². The minimum Gasteiger partial charge on any atom is -0.462 e. The molecule has 0 bridgehead atoms. The average molecular weight is 208 g/mol. The Morgan fingerprint density at radius 3 is 2.67 bits per heavy atom. The van der Waals surface area contributed by atoms with Crippen LogP contribution < -0.4 is 4.74 Å². The van der Waals surface area contributed by atoms with Crippen LogP contribution in [0.15, 0.2) is 6.20 Å². The molecule has 84 valence electrons. The predicted octanol–water partition coefficient (Wildman–Crippen LogP) is 2.99. The lowest BCUT2D eigenvalue weighted by atomic mass is 9.87. The van der Waals surface area contributed by atoms with E-state index < -0.39 is 0 Å². The van der Waals surface area contributed by atoms with Gasteiger partial charge in [0.2, 0.25) is 0 Å². The van der Waals surface area contributed by atoms with Crippen LogP contribution in [0.4, 0.5) is 0 Å². The Morgan fingerprint density at radius 2 is 2.13 bits per heavy atom. The van der Waals surface area contributed by atoms with Crippen molar-refractivity contribution in [2.45, 2.75) is 46.6 Å². The van der Waals surface area contributed by atoms with Crippen LogP contribution in [0.1, 0.15) is 52.3 Å². The Bertz CT molecular complexity index is 360. The molecule has 3 nitrogen and oxygen atoms in total. The van der Waals surface area contributed by atoms with Gasteiger partial charge in [0.25, 0.3) is 6.01 Å². The number of nitrogens with zero attached hydrogens (tertiary/aromatic N) is 2. The maximum absolute atomic E-state index is 5.62. The molecule has 0 amide bonds. The van der Waals surface area contributed by atoms with Crippen LogP contribution in [-0.2, 0) is 0 Å². The van der Waals surface area contributed by atoms with E-state index in [1.54, 1.807) is 0 Å². The van der Waals surface area contributed by atoms with E-state index in [0.717, 1.165) is 18.3 Å². The van der Waals surface area contributed by atoms with Crippen LogP contribution in [-0.4, -0.2) is 16.2 Å². The van der Waals surface area contributed by atoms with Crippen molar-refractivity contribution in [2.75, 3.05) is 6.61 Å². The molecule has 1 aromatic heterocycles. The third-order valence-corrected chi connectivity index (χ3v) is 3.01. The molecule has 0 N–H and O–H groups in total. The highest BCUT2D eigenvalue weighted by Crippen LogP contribution is 2.38. The van der Waals surface area contributed by atoms with Crippen LogP contribution in [0, 0.1) is 5.41 Å². The molecular formula is C12H20N2O. The van der Waals surface area contributed by atoms with Gasteiger partial charge in [-0.15, -0.1) is 0 Å². The molecule has 1 aliphatic rings. The van der Waals surface area contributed by atoms with Crippen molar-refractivity contribution >= 4 is 0 Å². The van der Waals surface area contributed by atoms with Crippen LogP contribution in [0.25, 0.3) is 0 Å². The molecule has 1 unspecified atom stereocenters. The lowest BCUT2D eigenvalue weighted by molar-refractivity contribution is 0.212. The zero-order valence-electron chi connectivity index (χ0n) is 10.2. The van der Waals surface area contributed by atoms with E-state index in [4.69, 9.17) is 4.74 Å². The molecule has 3 heteroatoms. The van der Waals surface area contributed by atoms with Gasteiger partial charge in [0.15, 0.2) is 0 Å². The van der Waals surface area contributed by atoms with Gasteiger partial charge in [-0.1, -0.05) is 34.6 Å². The van der Waals surface area contributed by atoms with Crippen LogP contribution in [0.2, 0.25) is 0 Å². The Hall–Kier alpha value is -0.990. The van der Waals surface area contributed by atoms with Gasteiger partial charge in [0.1, 0.15) is 6.61 Å². The molecular weight excluding hydrogens is 188 g/mol. The van der Waals surface area contributed by atoms with Gasteiger partial charge in [-0.2, -0.15) is 0 Å². The Labute approximate surface area is 91.5 Å². The Morgan fingerprint density at radius 1 is 1.47 bits per heavy atom. The fraction of sp³-hybridized carbons (Fsp3) is 0.750. The number of hydrogen-bond donors (Lipinski definition) is 0. The summed E-state index contributed by atoms with van der Waals surface area (Å²) >= 11 is 0. The first-order valence-corrected chi connectivity index (χ1v) is 5.61. The minimum atomic E-state index is 0.222. The third kappa shape index (κ3) is 1.75. The van der Waals surface area contributed by atoms with Crippen molar-refractivity contribution in [1.82, 2.24) is 9.55 Å². The summed E-state index contributed by atoms with van der Waals surface area (Å²) in [6, 6.07) is 1.20. The van der Waals surface area contributed by atoms with Gasteiger partial charge >= 0.3 is 0 Å². The van der Waals surface area contributed by atoms with E-state index >= 15 is 0 Å². The summed E-state index contributed by atoms with van der Waals surface area (Å²) < 4.78 is 7.81. The number of fused-ring (bicyclic) bond motifs is 1. The molecule has 0 saturated heterocycles. The fourth-order valence-corrected chi connectivity index (χ4v) is 1.90. The van der Waals surface area contributed by atoms with Crippen LogP contribution >= 0.6 is 0 Å². The molecule has 0 spiro atoms. The van der Waals surface area contributed by atoms with Gasteiger partial charge in [-0.25, -0.2) is 4.98 Å². The first kappa shape index (κ1) is 10.5. The molecule has 1 aliphatic heterocycles. The Kier molecular flexibility index (Phi) is 2.28. The van der Waals surface area contributed by atoms with Crippen molar-refractivity contribution in [1.29, 1.82) is 0 Å². The lowest BCUT2D eigenvalue weighted by Gasteiger charge is -2.26. The van der Waals surface area contributed by atoms with Crippen LogP contribution in [0.3, 0.4) is 0 Å². The number of ether oxygens (including phenoxy) is 1. The van der Waals surface area contributed by atoms with Crippen molar-refractivity contribution in [2.24, 2.45) is 5.41 Å². The summed E-state index contributed by atoms with van der Waals surface area (Å²) in [5, 5.41) is 0. The molecule has 0 radical (unpaired) electrons. The van der Waals surface area contributed by atoms with Gasteiger partial charge < -0.3 is 4.74 Å². The number of rotatable bonds is 1. The molecule has 1 aromatic rings. The van der Waals surface area contributed by atoms with Gasteiger partial charge in [-0.05, 0) is 11.3 Å². The second-order valence-corrected chi connectivity index (χ2v) is 5.70. The van der Waals surface area contributed by atoms with Crippen molar-refractivity contribution in [3.8, 4) is 6.01 Å². The second kappa shape index (κ2) is 3.26. The summed E-state index contributed by atoms with van der Waals surface area (Å²) in [4.78, 5) is 4.49. The first-order chi connectivity index (χ1) is 6.89. The molecule has 15 heavy (non-hydrogen) atoms. The van der Waals surface area contributed by atoms with E-state index in [2.05, 4.69) is 50.4 Å². The number of hydrogen-bond acceptors (Lipinski definition) is 2. The summed E-state index contributed by atoms with van der Waals surface area (Å²) in [5.41, 5.74) is 1.35. The Balaban J connectivity index is 2.34. The van der Waals surface area contributed by atoms with Crippen molar-refractivity contribution in [3.63, 3.8) is 0 Å². The van der Waals surface area contributed by atoms with Crippen LogP contribution in [0.5, 0.6) is 6.01 Å². The van der Waals surface area contributed by atoms with Crippen molar-refractivity contribution < 1.29 is 4.74 Å². The standard InChI is InChI=1S/C12H20N2O/c1-8(2)9-6-14-10(12(3,4)5)7-15-11(14)13-9/h6,8,10H,7H2,1-5H3. The molecule has 0 saturated carbocycles. The normalized spacial score (nSPS) is 20.5. The van der Waals surface area contributed by atoms with E-state index in [1.165, 1.54) is 0 Å². The van der Waals surface area contributed by atoms with E-state index in [1.807, 2.05) is 0 Å². The molecule has 0 aliphatic carbocycles. The molecule has 1 atom stereocenters. The number of imidazole rings is 1. The monoisotopic (exact) mass is 208 g/mol. The van der Waals surface area contributed by atoms with Gasteiger partial charge in [0, 0.05) is 6.20 Å². The molecule has 0 aromatic carbocycles. The lowest BCUT2D eigenvalue weighted by Crippen LogP contribution is -2.23. The summed E-state index contributed by atoms with van der Waals surface area (Å²) in [5.74, 6) is 0.465. The predicted molar refractivity (Wildman–Crippen MR) is 60.3 cm³/mol. The largest absolute Gasteiger partial charge is 0.462 e. The minimum absolute atomic E-state index is 0.222. The zero-order valence-corrected chi connectivity index (χ0v) is 10.2. The average Bonchev–Trinajstić information content (AvgIpc) is 2.56. The second-order valence-electron chi connectivity index (χ2n) is 5.70. The topological polar surface area (TPSA) is 27.1 Å². The number of aromatic nitrogens is 2. The quantitative estimate of drug-likeness (QED) is 0.709. The summed E-state index contributed by atoms with van der Waals surface area (Å²) in [6.45, 7) is 11.8. The SMILES string of the molecule is CC(C)c1cn2c(n1)OCC2C(C)(C)C. The molecule has 2 rings (SSSR count). The van der Waals surface area contributed by atoms with Crippen molar-refractivity contribution in [3.05, 3.63) is 11.9 Å². The maximum atomic E-state index is 5.62. The highest BCUT2D eigenvalue weighted by atomic mass is 16.5. The fourth-order valence-electron chi connectivity index (χ4n) is 1.90. The molecule has 0 fully saturated rings. The summed E-state index contributed by atoms with van der Waals surface area (Å²) in [6.07, 6.45) is 2.14. The van der Waals surface area contributed by atoms with E-state index in [9.17, 15) is 0 Å². The first-order valence-electron chi connectivity index (χ1n) is 5.61. The maximum Gasteiger partial charge on any atom is 0.296 e. The molecule has 2 heterocycles. The third-order valence-electron chi connectivity index (χ3n) is 3.01. The van der Waals surface area contributed by atoms with Gasteiger partial charge in [-0.3, -0.25) is 4.57 Å². The van der Waals surface area contributed by atoms with E-state index in [0.29, 0.717) is 12.0 Å². The smallest absolute Gasteiger partial charge is 0.296 e.